The van der Waals surface area contributed by atoms with Gasteiger partial charge in [-0.05, 0) is 50.5 Å². The molecule has 4 aliphatic carbocycles. The summed E-state index contributed by atoms with van der Waals surface area (Å²) in [5.74, 6) is -1.99. The number of allylic oxidation sites excluding steroid dienone is 1. The summed E-state index contributed by atoms with van der Waals surface area (Å²) in [6, 6.07) is 0. The van der Waals surface area contributed by atoms with Gasteiger partial charge in [0.15, 0.2) is 12.4 Å². The molecule has 0 saturated heterocycles. The van der Waals surface area contributed by atoms with E-state index in [4.69, 9.17) is 4.74 Å². The van der Waals surface area contributed by atoms with Crippen LogP contribution in [0.3, 0.4) is 0 Å². The minimum Gasteiger partial charge on any atom is -0.458 e. The first-order valence-electron chi connectivity index (χ1n) is 10.9. The fourth-order valence-electron chi connectivity index (χ4n) is 7.32. The molecule has 6 nitrogen and oxygen atoms in total. The third-order valence-electron chi connectivity index (χ3n) is 9.06. The number of alkyl halides is 1. The molecule has 0 spiro atoms. The number of hydrogen-bond acceptors (Lipinski definition) is 6. The molecule has 7 atom stereocenters. The summed E-state index contributed by atoms with van der Waals surface area (Å²) in [5.41, 5.74) is -4.83. The van der Waals surface area contributed by atoms with E-state index >= 15 is 4.39 Å². The lowest BCUT2D eigenvalue weighted by Crippen LogP contribution is -2.69. The van der Waals surface area contributed by atoms with Gasteiger partial charge in [0.2, 0.25) is 5.78 Å². The molecule has 0 aromatic rings. The minimum atomic E-state index is -1.91. The predicted molar refractivity (Wildman–Crippen MR) is 105 cm³/mol. The van der Waals surface area contributed by atoms with Crippen molar-refractivity contribution in [2.24, 2.45) is 22.7 Å². The molecular weight excluding hydrogens is 391 g/mol. The SMILES string of the molecule is CC(=O)OCC(=O)[C@@]1(O)CC[C@@H]2[C@@H]3CCC4=CC(=O)CC[C@]4(C)[C@@]3(F)[C@@H](O)C[C@@]21C. The molecule has 0 radical (unpaired) electrons. The number of carbonyl (C=O) groups is 3. The van der Waals surface area contributed by atoms with Gasteiger partial charge in [-0.25, -0.2) is 4.39 Å². The highest BCUT2D eigenvalue weighted by Gasteiger charge is 2.74. The molecule has 0 bridgehead atoms. The molecule has 30 heavy (non-hydrogen) atoms. The van der Waals surface area contributed by atoms with Crippen LogP contribution in [0.4, 0.5) is 4.39 Å². The zero-order valence-corrected chi connectivity index (χ0v) is 17.9. The van der Waals surface area contributed by atoms with Crippen molar-refractivity contribution >= 4 is 17.5 Å². The second-order valence-corrected chi connectivity index (χ2v) is 10.2. The quantitative estimate of drug-likeness (QED) is 0.678. The molecule has 0 heterocycles. The topological polar surface area (TPSA) is 101 Å². The normalized spacial score (nSPS) is 47.6. The van der Waals surface area contributed by atoms with E-state index in [0.29, 0.717) is 25.7 Å². The molecule has 0 aromatic carbocycles. The van der Waals surface area contributed by atoms with E-state index in [1.807, 2.05) is 6.92 Å². The van der Waals surface area contributed by atoms with Crippen molar-refractivity contribution in [2.45, 2.75) is 83.1 Å². The highest BCUT2D eigenvalue weighted by atomic mass is 19.1. The monoisotopic (exact) mass is 422 g/mol. The smallest absolute Gasteiger partial charge is 0.303 e. The summed E-state index contributed by atoms with van der Waals surface area (Å²) >= 11 is 0. The average molecular weight is 422 g/mol. The van der Waals surface area contributed by atoms with Crippen molar-refractivity contribution < 1.29 is 33.7 Å². The summed E-state index contributed by atoms with van der Waals surface area (Å²) in [6.45, 7) is 4.25. The van der Waals surface area contributed by atoms with Crippen LogP contribution in [0.25, 0.3) is 0 Å². The van der Waals surface area contributed by atoms with Crippen molar-refractivity contribution in [3.8, 4) is 0 Å². The Balaban J connectivity index is 1.71. The Morgan fingerprint density at radius 1 is 1.20 bits per heavy atom. The van der Waals surface area contributed by atoms with E-state index in [1.54, 1.807) is 13.0 Å². The van der Waals surface area contributed by atoms with E-state index < -0.39 is 52.5 Å². The number of hydrogen-bond donors (Lipinski definition) is 2. The second-order valence-electron chi connectivity index (χ2n) is 10.2. The molecule has 0 aromatic heterocycles. The number of rotatable bonds is 3. The molecule has 3 fully saturated rings. The summed E-state index contributed by atoms with van der Waals surface area (Å²) in [6.07, 6.45) is 2.45. The van der Waals surface area contributed by atoms with E-state index in [1.165, 1.54) is 6.92 Å². The molecular formula is C23H31FO6. The van der Waals surface area contributed by atoms with Gasteiger partial charge in [0.05, 0.1) is 6.10 Å². The highest BCUT2D eigenvalue weighted by molar-refractivity contribution is 5.92. The van der Waals surface area contributed by atoms with Crippen LogP contribution in [0, 0.1) is 22.7 Å². The standard InChI is InChI=1S/C23H31FO6/c1-13(25)30-12-19(28)22(29)9-7-16-17-5-4-14-10-15(26)6-8-20(14,2)23(17,24)18(27)11-21(16,22)3/h10,16-18,27,29H,4-9,11-12H2,1-3H3/t16-,17+,18+,20+,21+,22+,23+/m1/s1. The van der Waals surface area contributed by atoms with Crippen molar-refractivity contribution in [1.82, 2.24) is 0 Å². The maximum absolute atomic E-state index is 16.9. The number of fused-ring (bicyclic) bond motifs is 5. The van der Waals surface area contributed by atoms with Crippen LogP contribution in [0.2, 0.25) is 0 Å². The first-order valence-corrected chi connectivity index (χ1v) is 10.9. The summed E-state index contributed by atoms with van der Waals surface area (Å²) in [4.78, 5) is 35.9. The van der Waals surface area contributed by atoms with Gasteiger partial charge < -0.3 is 14.9 Å². The Labute approximate surface area is 175 Å². The van der Waals surface area contributed by atoms with Crippen molar-refractivity contribution in [1.29, 1.82) is 0 Å². The molecule has 4 aliphatic rings. The third kappa shape index (κ3) is 2.57. The van der Waals surface area contributed by atoms with E-state index in [2.05, 4.69) is 0 Å². The van der Waals surface area contributed by atoms with Crippen molar-refractivity contribution in [3.05, 3.63) is 11.6 Å². The Morgan fingerprint density at radius 3 is 2.57 bits per heavy atom. The Bertz CT molecular complexity index is 838. The number of ketones is 2. The molecule has 4 rings (SSSR count). The van der Waals surface area contributed by atoms with Gasteiger partial charge in [-0.1, -0.05) is 19.4 Å². The zero-order chi connectivity index (χ0) is 22.1. The van der Waals surface area contributed by atoms with Crippen LogP contribution < -0.4 is 0 Å². The van der Waals surface area contributed by atoms with Gasteiger partial charge in [-0.15, -0.1) is 0 Å². The lowest BCUT2D eigenvalue weighted by atomic mass is 9.44. The van der Waals surface area contributed by atoms with Gasteiger partial charge in [-0.2, -0.15) is 0 Å². The predicted octanol–water partition coefficient (Wildman–Crippen LogP) is 2.44. The summed E-state index contributed by atoms with van der Waals surface area (Å²) in [7, 11) is 0. The molecule has 2 N–H and O–H groups in total. The summed E-state index contributed by atoms with van der Waals surface area (Å²) in [5, 5.41) is 22.6. The van der Waals surface area contributed by atoms with Crippen LogP contribution in [-0.2, 0) is 19.1 Å². The van der Waals surface area contributed by atoms with Crippen LogP contribution in [0.15, 0.2) is 11.6 Å². The number of halogens is 1. The van der Waals surface area contributed by atoms with Crippen LogP contribution in [0.1, 0.15) is 65.7 Å². The molecule has 166 valence electrons. The molecule has 7 heteroatoms. The lowest BCUT2D eigenvalue weighted by Gasteiger charge is -2.63. The Morgan fingerprint density at radius 2 is 1.90 bits per heavy atom. The number of Topliss-reactive ketones (excluding diaryl/α,β-unsaturated/α-hetero) is 1. The van der Waals surface area contributed by atoms with Gasteiger partial charge >= 0.3 is 5.97 Å². The van der Waals surface area contributed by atoms with Gasteiger partial charge in [0.25, 0.3) is 0 Å². The third-order valence-corrected chi connectivity index (χ3v) is 9.06. The van der Waals surface area contributed by atoms with E-state index in [9.17, 15) is 24.6 Å². The molecule has 0 amide bonds. The van der Waals surface area contributed by atoms with Gasteiger partial charge in [0, 0.05) is 30.1 Å². The molecule has 0 aliphatic heterocycles. The van der Waals surface area contributed by atoms with Crippen molar-refractivity contribution in [2.75, 3.05) is 6.61 Å². The molecule has 0 unspecified atom stereocenters. The highest BCUT2D eigenvalue weighted by Crippen LogP contribution is 2.70. The van der Waals surface area contributed by atoms with Crippen LogP contribution >= 0.6 is 0 Å². The van der Waals surface area contributed by atoms with Gasteiger partial charge in [-0.3, -0.25) is 14.4 Å². The second kappa shape index (κ2) is 6.70. The fourth-order valence-corrected chi connectivity index (χ4v) is 7.32. The number of aliphatic hydroxyl groups excluding tert-OH is 1. The average Bonchev–Trinajstić information content (AvgIpc) is 2.94. The summed E-state index contributed by atoms with van der Waals surface area (Å²) < 4.78 is 21.8. The number of carbonyl (C=O) groups excluding carboxylic acids is 3. The number of ether oxygens (including phenoxy) is 1. The Hall–Kier alpha value is -1.60. The minimum absolute atomic E-state index is 0.00553. The Kier molecular flexibility index (Phi) is 4.83. The maximum atomic E-state index is 16.9. The molecule has 3 saturated carbocycles. The maximum Gasteiger partial charge on any atom is 0.303 e. The first-order chi connectivity index (χ1) is 13.9. The van der Waals surface area contributed by atoms with Crippen LogP contribution in [0.5, 0.6) is 0 Å². The number of aliphatic hydroxyl groups is 2. The van der Waals surface area contributed by atoms with E-state index in [-0.39, 0.29) is 31.0 Å². The van der Waals surface area contributed by atoms with E-state index in [0.717, 1.165) is 5.57 Å². The van der Waals surface area contributed by atoms with Gasteiger partial charge in [0.1, 0.15) is 11.3 Å². The lowest BCUT2D eigenvalue weighted by molar-refractivity contribution is -0.227. The largest absolute Gasteiger partial charge is 0.458 e. The first kappa shape index (κ1) is 21.6. The fraction of sp³-hybridized carbons (Fsp3) is 0.783. The zero-order valence-electron chi connectivity index (χ0n) is 17.9. The van der Waals surface area contributed by atoms with Crippen LogP contribution in [-0.4, -0.2) is 51.7 Å². The van der Waals surface area contributed by atoms with Crippen molar-refractivity contribution in [3.63, 3.8) is 0 Å². The number of esters is 1.